The number of aromatic nitrogens is 4. The van der Waals surface area contributed by atoms with E-state index in [0.717, 1.165) is 32.1 Å². The predicted molar refractivity (Wildman–Crippen MR) is 183 cm³/mol. The molecule has 3 heterocycles. The van der Waals surface area contributed by atoms with Gasteiger partial charge in [0.25, 0.3) is 0 Å². The number of carbonyl (C=O) groups is 3. The standard InChI is InChI=1S/C34H46FN6O9P/c1-20(2)30(42)37-28-27-29(39-33(35)38-28)41(19-36-27)26-17-25(48-31(43)21(3)4)34(6,49-26)18-46-51(45,50-24-15-11-8-12-16-24)40-22(5)32(44)47-23-13-9-7-10-14-23/h8,11-12,15-16,19-23,25-26H,7,9-10,13-14,17-18H2,1-6H3,(H,40,45)(H,37,38,39,42)/t22-,25-,26+,34+,51?/m0/s1. The van der Waals surface area contributed by atoms with Crippen LogP contribution in [0.3, 0.4) is 0 Å². The van der Waals surface area contributed by atoms with Gasteiger partial charge in [-0.25, -0.2) is 9.55 Å². The summed E-state index contributed by atoms with van der Waals surface area (Å²) in [7, 11) is -4.33. The molecule has 1 unspecified atom stereocenters. The van der Waals surface area contributed by atoms with Crippen molar-refractivity contribution >= 4 is 42.6 Å². The van der Waals surface area contributed by atoms with Gasteiger partial charge in [0.1, 0.15) is 35.8 Å². The quantitative estimate of drug-likeness (QED) is 0.114. The lowest BCUT2D eigenvalue weighted by Gasteiger charge is -2.32. The summed E-state index contributed by atoms with van der Waals surface area (Å²) >= 11 is 0. The number of para-hydroxylation sites is 1. The number of anilines is 1. The summed E-state index contributed by atoms with van der Waals surface area (Å²) in [4.78, 5) is 50.3. The van der Waals surface area contributed by atoms with E-state index in [1.165, 1.54) is 17.8 Å². The normalized spacial score (nSPS) is 22.8. The maximum Gasteiger partial charge on any atom is 0.459 e. The van der Waals surface area contributed by atoms with Crippen LogP contribution in [0.5, 0.6) is 5.75 Å². The number of imidazole rings is 1. The highest BCUT2D eigenvalue weighted by Crippen LogP contribution is 2.48. The minimum atomic E-state index is -4.33. The van der Waals surface area contributed by atoms with E-state index in [1.54, 1.807) is 65.0 Å². The zero-order valence-electron chi connectivity index (χ0n) is 29.7. The average molecular weight is 733 g/mol. The zero-order valence-corrected chi connectivity index (χ0v) is 30.6. The van der Waals surface area contributed by atoms with E-state index in [1.807, 2.05) is 0 Å². The van der Waals surface area contributed by atoms with Crippen LogP contribution in [0, 0.1) is 17.9 Å². The summed E-state index contributed by atoms with van der Waals surface area (Å²) < 4.78 is 60.4. The summed E-state index contributed by atoms with van der Waals surface area (Å²) in [5, 5.41) is 5.28. The fourth-order valence-corrected chi connectivity index (χ4v) is 7.31. The summed E-state index contributed by atoms with van der Waals surface area (Å²) in [5.74, 6) is -2.29. The second kappa shape index (κ2) is 16.1. The maximum absolute atomic E-state index is 14.7. The number of esters is 2. The topological polar surface area (TPSA) is 182 Å². The minimum Gasteiger partial charge on any atom is -0.461 e. The third kappa shape index (κ3) is 9.47. The van der Waals surface area contributed by atoms with E-state index < -0.39 is 74.1 Å². The first kappa shape index (κ1) is 38.3. The first-order chi connectivity index (χ1) is 24.2. The molecule has 1 aliphatic heterocycles. The van der Waals surface area contributed by atoms with E-state index in [-0.39, 0.29) is 35.3 Å². The molecule has 278 valence electrons. The maximum atomic E-state index is 14.7. The van der Waals surface area contributed by atoms with E-state index in [2.05, 4.69) is 25.4 Å². The first-order valence-corrected chi connectivity index (χ1v) is 18.8. The van der Waals surface area contributed by atoms with Gasteiger partial charge in [0.15, 0.2) is 17.0 Å². The monoisotopic (exact) mass is 732 g/mol. The molecule has 0 radical (unpaired) electrons. The van der Waals surface area contributed by atoms with Gasteiger partial charge in [-0.1, -0.05) is 52.3 Å². The number of benzene rings is 1. The van der Waals surface area contributed by atoms with Gasteiger partial charge in [-0.05, 0) is 51.7 Å². The second-order valence-electron chi connectivity index (χ2n) is 13.7. The third-order valence-corrected chi connectivity index (χ3v) is 10.4. The predicted octanol–water partition coefficient (Wildman–Crippen LogP) is 5.86. The Kier molecular flexibility index (Phi) is 12.1. The summed E-state index contributed by atoms with van der Waals surface area (Å²) in [5.41, 5.74) is -1.31. The highest BCUT2D eigenvalue weighted by Gasteiger charge is 2.51. The number of ether oxygens (including phenoxy) is 3. The van der Waals surface area contributed by atoms with Crippen molar-refractivity contribution < 1.29 is 46.6 Å². The van der Waals surface area contributed by atoms with E-state index in [9.17, 15) is 23.3 Å². The van der Waals surface area contributed by atoms with Gasteiger partial charge < -0.3 is 24.1 Å². The molecule has 17 heteroatoms. The highest BCUT2D eigenvalue weighted by molar-refractivity contribution is 7.52. The number of fused-ring (bicyclic) bond motifs is 1. The second-order valence-corrected chi connectivity index (χ2v) is 15.4. The van der Waals surface area contributed by atoms with Crippen LogP contribution in [-0.4, -0.2) is 67.8 Å². The third-order valence-electron chi connectivity index (χ3n) is 8.73. The molecular weight excluding hydrogens is 686 g/mol. The molecule has 1 saturated carbocycles. The molecule has 5 atom stereocenters. The van der Waals surface area contributed by atoms with E-state index in [4.69, 9.17) is 23.3 Å². The van der Waals surface area contributed by atoms with Crippen molar-refractivity contribution in [2.75, 3.05) is 11.9 Å². The van der Waals surface area contributed by atoms with Crippen molar-refractivity contribution in [3.63, 3.8) is 0 Å². The van der Waals surface area contributed by atoms with Crippen LogP contribution >= 0.6 is 7.75 Å². The number of rotatable bonds is 14. The zero-order chi connectivity index (χ0) is 36.9. The van der Waals surface area contributed by atoms with Crippen LogP contribution in [-0.2, 0) is 37.7 Å². The average Bonchev–Trinajstić information content (AvgIpc) is 3.65. The van der Waals surface area contributed by atoms with Gasteiger partial charge in [0, 0.05) is 12.3 Å². The molecule has 2 aliphatic rings. The number of nitrogens with one attached hydrogen (secondary N) is 2. The molecule has 1 saturated heterocycles. The Labute approximate surface area is 295 Å². The Morgan fingerprint density at radius 1 is 1.02 bits per heavy atom. The van der Waals surface area contributed by atoms with Crippen molar-refractivity contribution in [3.8, 4) is 5.75 Å². The van der Waals surface area contributed by atoms with Gasteiger partial charge in [0.2, 0.25) is 5.91 Å². The molecule has 1 aliphatic carbocycles. The highest BCUT2D eigenvalue weighted by atomic mass is 31.2. The molecule has 15 nitrogen and oxygen atoms in total. The van der Waals surface area contributed by atoms with Crippen LogP contribution in [0.25, 0.3) is 11.2 Å². The number of hydrogen-bond acceptors (Lipinski definition) is 12. The van der Waals surface area contributed by atoms with Gasteiger partial charge in [-0.3, -0.25) is 23.5 Å². The summed E-state index contributed by atoms with van der Waals surface area (Å²) in [6, 6.07) is 7.24. The van der Waals surface area contributed by atoms with Crippen LogP contribution in [0.1, 0.15) is 86.3 Å². The van der Waals surface area contributed by atoms with Crippen molar-refractivity contribution in [3.05, 3.63) is 42.7 Å². The van der Waals surface area contributed by atoms with Crippen molar-refractivity contribution in [2.45, 2.75) is 110 Å². The molecule has 1 aromatic carbocycles. The number of nitrogens with zero attached hydrogens (tertiary/aromatic N) is 4. The first-order valence-electron chi connectivity index (χ1n) is 17.2. The Bertz CT molecular complexity index is 1750. The van der Waals surface area contributed by atoms with Crippen molar-refractivity contribution in [1.82, 2.24) is 24.6 Å². The number of halogens is 1. The lowest BCUT2D eigenvalue weighted by molar-refractivity contribution is -0.167. The molecular formula is C34H46FN6O9P. The number of carbonyl (C=O) groups excluding carboxylic acids is 3. The molecule has 0 spiro atoms. The molecule has 0 bridgehead atoms. The van der Waals surface area contributed by atoms with Gasteiger partial charge in [0.05, 0.1) is 18.9 Å². The Morgan fingerprint density at radius 2 is 1.73 bits per heavy atom. The summed E-state index contributed by atoms with van der Waals surface area (Å²) in [6.45, 7) is 9.40. The number of hydrogen-bond donors (Lipinski definition) is 2. The lowest BCUT2D eigenvalue weighted by Crippen LogP contribution is -2.45. The summed E-state index contributed by atoms with van der Waals surface area (Å²) in [6.07, 6.45) is 2.74. The van der Waals surface area contributed by atoms with E-state index in [0.29, 0.717) is 0 Å². The Morgan fingerprint density at radius 3 is 2.39 bits per heavy atom. The van der Waals surface area contributed by atoms with Gasteiger partial charge in [-0.15, -0.1) is 0 Å². The molecule has 2 aromatic heterocycles. The minimum absolute atomic E-state index is 0.0238. The molecule has 5 rings (SSSR count). The molecule has 1 amide bonds. The smallest absolute Gasteiger partial charge is 0.459 e. The van der Waals surface area contributed by atoms with Crippen LogP contribution < -0.4 is 14.9 Å². The lowest BCUT2D eigenvalue weighted by atomic mass is 9.98. The Balaban J connectivity index is 1.40. The van der Waals surface area contributed by atoms with Crippen molar-refractivity contribution in [2.24, 2.45) is 11.8 Å². The van der Waals surface area contributed by atoms with Crippen LogP contribution in [0.2, 0.25) is 0 Å². The molecule has 2 N–H and O–H groups in total. The fourth-order valence-electron chi connectivity index (χ4n) is 5.72. The molecule has 51 heavy (non-hydrogen) atoms. The van der Waals surface area contributed by atoms with Crippen molar-refractivity contribution in [1.29, 1.82) is 0 Å². The Hall–Kier alpha value is -3.98. The largest absolute Gasteiger partial charge is 0.461 e. The van der Waals surface area contributed by atoms with Gasteiger partial charge >= 0.3 is 25.8 Å². The fraction of sp³-hybridized carbons (Fsp3) is 0.588. The van der Waals surface area contributed by atoms with Gasteiger partial charge in [-0.2, -0.15) is 19.4 Å². The SMILES string of the molecule is CC(C)C(=O)Nc1nc(F)nc2c1ncn2[C@H]1C[C@H](OC(=O)C(C)C)[C@@](C)(COP(=O)(N[C@@H](C)C(=O)OC2CCCCC2)Oc2ccccc2)O1. The number of amides is 1. The van der Waals surface area contributed by atoms with Crippen LogP contribution in [0.4, 0.5) is 10.2 Å². The van der Waals surface area contributed by atoms with E-state index >= 15 is 0 Å². The molecule has 3 aromatic rings. The van der Waals surface area contributed by atoms with Crippen LogP contribution in [0.15, 0.2) is 36.7 Å². The molecule has 2 fully saturated rings.